The second-order valence-corrected chi connectivity index (χ2v) is 6.56. The van der Waals surface area contributed by atoms with Crippen LogP contribution in [0.15, 0.2) is 24.5 Å². The molecule has 29 heavy (non-hydrogen) atoms. The van der Waals surface area contributed by atoms with Crippen molar-refractivity contribution >= 4 is 23.8 Å². The van der Waals surface area contributed by atoms with Crippen molar-refractivity contribution in [3.05, 3.63) is 30.1 Å². The van der Waals surface area contributed by atoms with Crippen LogP contribution in [-0.2, 0) is 25.7 Å². The number of nitrogens with zero attached hydrogens (tertiary/aromatic N) is 1. The molecular formula is C18H25N3O8. The Morgan fingerprint density at radius 2 is 1.79 bits per heavy atom. The number of aromatic nitrogens is 1. The SMILES string of the molecule is O=C(NCc1cccnc1)[C@@H]1CCCCN1.O=C(O)CC(O)(CC(=O)O)C(=O)O. The van der Waals surface area contributed by atoms with Crippen LogP contribution in [0.2, 0.25) is 0 Å². The van der Waals surface area contributed by atoms with Crippen molar-refractivity contribution in [2.75, 3.05) is 6.54 Å². The van der Waals surface area contributed by atoms with E-state index in [0.29, 0.717) is 6.54 Å². The molecule has 0 aliphatic carbocycles. The van der Waals surface area contributed by atoms with E-state index in [4.69, 9.17) is 20.4 Å². The van der Waals surface area contributed by atoms with Gasteiger partial charge in [0.2, 0.25) is 5.91 Å². The van der Waals surface area contributed by atoms with E-state index in [0.717, 1.165) is 24.9 Å². The molecule has 6 N–H and O–H groups in total. The van der Waals surface area contributed by atoms with Gasteiger partial charge < -0.3 is 31.1 Å². The molecule has 0 saturated carbocycles. The van der Waals surface area contributed by atoms with E-state index in [2.05, 4.69) is 15.6 Å². The number of nitrogens with one attached hydrogen (secondary N) is 2. The molecule has 160 valence electrons. The van der Waals surface area contributed by atoms with Crippen molar-refractivity contribution in [1.29, 1.82) is 0 Å². The fraction of sp³-hybridized carbons (Fsp3) is 0.500. The number of hydrogen-bond donors (Lipinski definition) is 6. The molecule has 1 saturated heterocycles. The summed E-state index contributed by atoms with van der Waals surface area (Å²) in [6.07, 6.45) is 4.47. The maximum Gasteiger partial charge on any atom is 0.336 e. The van der Waals surface area contributed by atoms with Gasteiger partial charge in [0.05, 0.1) is 18.9 Å². The van der Waals surface area contributed by atoms with Gasteiger partial charge in [-0.05, 0) is 31.0 Å². The molecule has 0 bridgehead atoms. The quantitative estimate of drug-likeness (QED) is 0.328. The lowest BCUT2D eigenvalue weighted by Crippen LogP contribution is -2.46. The topological polar surface area (TPSA) is 186 Å². The maximum atomic E-state index is 11.8. The summed E-state index contributed by atoms with van der Waals surface area (Å²) in [4.78, 5) is 46.3. The summed E-state index contributed by atoms with van der Waals surface area (Å²) >= 11 is 0. The number of aliphatic carboxylic acids is 3. The predicted octanol–water partition coefficient (Wildman–Crippen LogP) is -0.409. The average molecular weight is 411 g/mol. The molecule has 1 atom stereocenters. The highest BCUT2D eigenvalue weighted by Crippen LogP contribution is 2.15. The van der Waals surface area contributed by atoms with E-state index in [9.17, 15) is 19.2 Å². The zero-order valence-electron chi connectivity index (χ0n) is 15.7. The lowest BCUT2D eigenvalue weighted by atomic mass is 9.96. The number of carboxylic acids is 3. The first kappa shape index (κ1) is 24.0. The van der Waals surface area contributed by atoms with Crippen molar-refractivity contribution in [2.45, 2.75) is 50.3 Å². The molecule has 1 aromatic heterocycles. The van der Waals surface area contributed by atoms with E-state index in [-0.39, 0.29) is 11.9 Å². The molecule has 0 aromatic carbocycles. The lowest BCUT2D eigenvalue weighted by Gasteiger charge is -2.22. The number of carbonyl (C=O) groups excluding carboxylic acids is 1. The number of carboxylic acid groups (broad SMARTS) is 3. The van der Waals surface area contributed by atoms with Crippen molar-refractivity contribution in [3.8, 4) is 0 Å². The molecule has 1 fully saturated rings. The van der Waals surface area contributed by atoms with Crippen LogP contribution in [0.5, 0.6) is 0 Å². The molecule has 11 heteroatoms. The molecule has 0 spiro atoms. The predicted molar refractivity (Wildman–Crippen MR) is 98.8 cm³/mol. The molecule has 1 aromatic rings. The molecule has 1 aliphatic heterocycles. The third-order valence-corrected chi connectivity index (χ3v) is 4.10. The number of pyridine rings is 1. The Kier molecular flexibility index (Phi) is 9.69. The third-order valence-electron chi connectivity index (χ3n) is 4.10. The van der Waals surface area contributed by atoms with E-state index in [1.807, 2.05) is 12.1 Å². The maximum absolute atomic E-state index is 11.8. The van der Waals surface area contributed by atoms with Crippen LogP contribution < -0.4 is 10.6 Å². The molecule has 11 nitrogen and oxygen atoms in total. The smallest absolute Gasteiger partial charge is 0.336 e. The van der Waals surface area contributed by atoms with Gasteiger partial charge in [0, 0.05) is 18.9 Å². The van der Waals surface area contributed by atoms with Gasteiger partial charge in [0.25, 0.3) is 0 Å². The lowest BCUT2D eigenvalue weighted by molar-refractivity contribution is -0.170. The van der Waals surface area contributed by atoms with Gasteiger partial charge >= 0.3 is 17.9 Å². The second-order valence-electron chi connectivity index (χ2n) is 6.56. The van der Waals surface area contributed by atoms with Gasteiger partial charge in [0.1, 0.15) is 0 Å². The first-order valence-corrected chi connectivity index (χ1v) is 8.93. The Labute approximate surface area is 166 Å². The summed E-state index contributed by atoms with van der Waals surface area (Å²) in [6, 6.07) is 3.83. The van der Waals surface area contributed by atoms with Crippen LogP contribution in [-0.4, -0.2) is 67.4 Å². The number of carbonyl (C=O) groups is 4. The number of aliphatic hydroxyl groups is 1. The Morgan fingerprint density at radius 1 is 1.14 bits per heavy atom. The summed E-state index contributed by atoms with van der Waals surface area (Å²) in [5.74, 6) is -4.92. The highest BCUT2D eigenvalue weighted by atomic mass is 16.4. The molecule has 0 radical (unpaired) electrons. The highest BCUT2D eigenvalue weighted by molar-refractivity contribution is 5.88. The van der Waals surface area contributed by atoms with E-state index in [1.54, 1.807) is 12.4 Å². The minimum atomic E-state index is -2.74. The van der Waals surface area contributed by atoms with Crippen molar-refractivity contribution in [3.63, 3.8) is 0 Å². The van der Waals surface area contributed by atoms with E-state index < -0.39 is 36.4 Å². The number of rotatable bonds is 8. The van der Waals surface area contributed by atoms with Gasteiger partial charge in [-0.1, -0.05) is 12.5 Å². The van der Waals surface area contributed by atoms with Crippen molar-refractivity contribution in [2.24, 2.45) is 0 Å². The van der Waals surface area contributed by atoms with Crippen LogP contribution in [0.25, 0.3) is 0 Å². The fourth-order valence-corrected chi connectivity index (χ4v) is 2.60. The molecule has 2 heterocycles. The zero-order chi connectivity index (χ0) is 21.9. The Hall–Kier alpha value is -3.05. The zero-order valence-corrected chi connectivity index (χ0v) is 15.7. The summed E-state index contributed by atoms with van der Waals surface area (Å²) < 4.78 is 0. The standard InChI is InChI=1S/C12H17N3O.C6H8O7/c16-12(11-5-1-2-7-14-11)15-9-10-4-3-6-13-8-10;7-3(8)1-6(13,5(11)12)2-4(9)10/h3-4,6,8,11,14H,1-2,5,7,9H2,(H,15,16);13H,1-2H2,(H,7,8)(H,9,10)(H,11,12)/t11-;/m0./s1. The third kappa shape index (κ3) is 9.12. The van der Waals surface area contributed by atoms with Crippen LogP contribution in [0.1, 0.15) is 37.7 Å². The summed E-state index contributed by atoms with van der Waals surface area (Å²) in [7, 11) is 0. The second kappa shape index (κ2) is 11.7. The average Bonchev–Trinajstić information content (AvgIpc) is 2.67. The van der Waals surface area contributed by atoms with Crippen LogP contribution in [0.3, 0.4) is 0 Å². The van der Waals surface area contributed by atoms with Crippen molar-refractivity contribution in [1.82, 2.24) is 15.6 Å². The van der Waals surface area contributed by atoms with Gasteiger partial charge in [-0.25, -0.2) is 4.79 Å². The minimum absolute atomic E-state index is 0.00887. The fourth-order valence-electron chi connectivity index (χ4n) is 2.60. The van der Waals surface area contributed by atoms with Gasteiger partial charge in [-0.2, -0.15) is 0 Å². The van der Waals surface area contributed by atoms with Crippen molar-refractivity contribution < 1.29 is 39.6 Å². The van der Waals surface area contributed by atoms with Crippen LogP contribution >= 0.6 is 0 Å². The normalized spacial score (nSPS) is 16.1. The molecule has 2 rings (SSSR count). The Morgan fingerprint density at radius 3 is 2.24 bits per heavy atom. The van der Waals surface area contributed by atoms with E-state index >= 15 is 0 Å². The van der Waals surface area contributed by atoms with Crippen LogP contribution in [0, 0.1) is 0 Å². The number of amides is 1. The first-order valence-electron chi connectivity index (χ1n) is 8.93. The number of hydrogen-bond acceptors (Lipinski definition) is 7. The molecule has 1 amide bonds. The highest BCUT2D eigenvalue weighted by Gasteiger charge is 2.40. The summed E-state index contributed by atoms with van der Waals surface area (Å²) in [6.45, 7) is 1.51. The molecule has 0 unspecified atom stereocenters. The van der Waals surface area contributed by atoms with Gasteiger partial charge in [-0.3, -0.25) is 19.4 Å². The first-order chi connectivity index (χ1) is 13.6. The largest absolute Gasteiger partial charge is 0.481 e. The minimum Gasteiger partial charge on any atom is -0.481 e. The van der Waals surface area contributed by atoms with Crippen LogP contribution in [0.4, 0.5) is 0 Å². The summed E-state index contributed by atoms with van der Waals surface area (Å²) in [5, 5.41) is 40.0. The molecular weight excluding hydrogens is 386 g/mol. The molecule has 1 aliphatic rings. The Balaban J connectivity index is 0.000000298. The van der Waals surface area contributed by atoms with E-state index in [1.165, 1.54) is 6.42 Å². The van der Waals surface area contributed by atoms with Gasteiger partial charge in [0.15, 0.2) is 5.60 Å². The Bertz CT molecular complexity index is 688. The number of piperidine rings is 1. The van der Waals surface area contributed by atoms with Gasteiger partial charge in [-0.15, -0.1) is 0 Å². The monoisotopic (exact) mass is 411 g/mol. The summed E-state index contributed by atoms with van der Waals surface area (Å²) in [5.41, 5.74) is -1.70.